The van der Waals surface area contributed by atoms with Crippen molar-refractivity contribution < 1.29 is 17.9 Å². The Morgan fingerprint density at radius 1 is 1.23 bits per heavy atom. The van der Waals surface area contributed by atoms with E-state index in [2.05, 4.69) is 0 Å². The normalized spacial score (nSPS) is 16.8. The van der Waals surface area contributed by atoms with Crippen molar-refractivity contribution in [3.8, 4) is 0 Å². The molecule has 164 valence electrons. The van der Waals surface area contributed by atoms with Crippen LogP contribution in [0.3, 0.4) is 0 Å². The highest BCUT2D eigenvalue weighted by Crippen LogP contribution is 2.32. The summed E-state index contributed by atoms with van der Waals surface area (Å²) in [6.07, 6.45) is 1.85. The van der Waals surface area contributed by atoms with Gasteiger partial charge in [0, 0.05) is 12.2 Å². The van der Waals surface area contributed by atoms with Crippen LogP contribution in [0.5, 0.6) is 0 Å². The zero-order valence-electron chi connectivity index (χ0n) is 17.9. The number of hydrogen-bond acceptors (Lipinski definition) is 6. The van der Waals surface area contributed by atoms with Crippen molar-refractivity contribution in [2.45, 2.75) is 49.9 Å². The number of carbonyl (C=O) groups excluding carboxylic acids is 1. The number of nitrogens with zero attached hydrogens (tertiary/aromatic N) is 2. The van der Waals surface area contributed by atoms with Crippen LogP contribution in [0.1, 0.15) is 42.6 Å². The van der Waals surface area contributed by atoms with Crippen LogP contribution in [0, 0.1) is 6.92 Å². The number of rotatable bonds is 6. The van der Waals surface area contributed by atoms with E-state index in [1.165, 1.54) is 23.5 Å². The van der Waals surface area contributed by atoms with Crippen LogP contribution < -0.4 is 4.90 Å². The van der Waals surface area contributed by atoms with Crippen molar-refractivity contribution in [3.05, 3.63) is 53.6 Å². The Morgan fingerprint density at radius 2 is 1.97 bits per heavy atom. The average molecular weight is 459 g/mol. The van der Waals surface area contributed by atoms with E-state index < -0.39 is 15.1 Å². The molecule has 1 aliphatic rings. The lowest BCUT2D eigenvalue weighted by molar-refractivity contribution is 0.0917. The van der Waals surface area contributed by atoms with Gasteiger partial charge in [0.1, 0.15) is 0 Å². The van der Waals surface area contributed by atoms with E-state index in [1.54, 1.807) is 30.9 Å². The molecule has 2 aromatic carbocycles. The van der Waals surface area contributed by atoms with Gasteiger partial charge in [-0.3, -0.25) is 9.69 Å². The Morgan fingerprint density at radius 3 is 2.58 bits per heavy atom. The fourth-order valence-electron chi connectivity index (χ4n) is 3.64. The van der Waals surface area contributed by atoms with Gasteiger partial charge in [-0.25, -0.2) is 13.4 Å². The molecule has 0 aliphatic carbocycles. The second-order valence-corrected chi connectivity index (χ2v) is 11.6. The number of fused-ring (bicyclic) bond motifs is 1. The van der Waals surface area contributed by atoms with Crippen LogP contribution >= 0.6 is 11.3 Å². The monoisotopic (exact) mass is 458 g/mol. The molecule has 1 amide bonds. The van der Waals surface area contributed by atoms with Gasteiger partial charge in [-0.2, -0.15) is 0 Å². The van der Waals surface area contributed by atoms with Gasteiger partial charge in [0.15, 0.2) is 15.0 Å². The molecule has 1 aromatic heterocycles. The molecule has 31 heavy (non-hydrogen) atoms. The largest absolute Gasteiger partial charge is 0.376 e. The Kier molecular flexibility index (Phi) is 6.14. The van der Waals surface area contributed by atoms with Gasteiger partial charge in [0.25, 0.3) is 5.91 Å². The van der Waals surface area contributed by atoms with Crippen molar-refractivity contribution in [2.24, 2.45) is 0 Å². The molecule has 3 aromatic rings. The maximum Gasteiger partial charge on any atom is 0.260 e. The van der Waals surface area contributed by atoms with Gasteiger partial charge < -0.3 is 4.74 Å². The molecule has 1 atom stereocenters. The molecule has 0 saturated carbocycles. The zero-order chi connectivity index (χ0) is 22.2. The van der Waals surface area contributed by atoms with Gasteiger partial charge in [0.2, 0.25) is 0 Å². The fourth-order valence-corrected chi connectivity index (χ4v) is 5.76. The lowest BCUT2D eigenvalue weighted by Crippen LogP contribution is -2.37. The Balaban J connectivity index is 1.69. The first-order valence-corrected chi connectivity index (χ1v) is 12.8. The number of carbonyl (C=O) groups is 1. The number of para-hydroxylation sites is 1. The topological polar surface area (TPSA) is 76.6 Å². The van der Waals surface area contributed by atoms with Crippen LogP contribution in [-0.2, 0) is 14.6 Å². The minimum absolute atomic E-state index is 0.0300. The molecule has 0 spiro atoms. The highest BCUT2D eigenvalue weighted by Gasteiger charge is 2.28. The van der Waals surface area contributed by atoms with E-state index in [0.29, 0.717) is 23.8 Å². The minimum atomic E-state index is -3.39. The smallest absolute Gasteiger partial charge is 0.260 e. The number of aromatic nitrogens is 1. The third-order valence-electron chi connectivity index (χ3n) is 5.55. The van der Waals surface area contributed by atoms with Gasteiger partial charge >= 0.3 is 0 Å². The molecule has 1 fully saturated rings. The number of ether oxygens (including phenoxy) is 1. The summed E-state index contributed by atoms with van der Waals surface area (Å²) in [6, 6.07) is 12.2. The van der Waals surface area contributed by atoms with Crippen LogP contribution in [-0.4, -0.2) is 43.8 Å². The number of thiazole rings is 1. The maximum atomic E-state index is 13.5. The standard InChI is InChI=1S/C23H26N2O4S2/c1-15(2)31(27,28)19-11-9-17(10-12-19)22(26)25(14-18-7-5-13-29-18)23-24-21-16(3)6-4-8-20(21)30-23/h4,6,8-12,15,18H,5,7,13-14H2,1-3H3. The van der Waals surface area contributed by atoms with Crippen molar-refractivity contribution in [1.82, 2.24) is 4.98 Å². The van der Waals surface area contributed by atoms with E-state index in [9.17, 15) is 13.2 Å². The molecular formula is C23H26N2O4S2. The molecule has 1 aliphatic heterocycles. The fraction of sp³-hybridized carbons (Fsp3) is 0.391. The predicted octanol–water partition coefficient (Wildman–Crippen LogP) is 4.61. The second kappa shape index (κ2) is 8.68. The maximum absolute atomic E-state index is 13.5. The summed E-state index contributed by atoms with van der Waals surface area (Å²) in [5, 5.41) is 0.111. The lowest BCUT2D eigenvalue weighted by atomic mass is 10.2. The highest BCUT2D eigenvalue weighted by atomic mass is 32.2. The SMILES string of the molecule is Cc1cccc2sc(N(CC3CCCO3)C(=O)c3ccc(S(=O)(=O)C(C)C)cc3)nc12. The number of sulfone groups is 1. The third kappa shape index (κ3) is 4.37. The number of anilines is 1. The summed E-state index contributed by atoms with van der Waals surface area (Å²) in [4.78, 5) is 20.1. The van der Waals surface area contributed by atoms with Crippen LogP contribution in [0.25, 0.3) is 10.2 Å². The first kappa shape index (κ1) is 21.9. The average Bonchev–Trinajstić information content (AvgIpc) is 3.42. The number of benzene rings is 2. The Bertz CT molecular complexity index is 1190. The summed E-state index contributed by atoms with van der Waals surface area (Å²) in [7, 11) is -3.39. The third-order valence-corrected chi connectivity index (χ3v) is 8.76. The Labute approximate surface area is 186 Å². The van der Waals surface area contributed by atoms with Gasteiger partial charge in [-0.1, -0.05) is 23.5 Å². The van der Waals surface area contributed by atoms with Crippen LogP contribution in [0.2, 0.25) is 0 Å². The molecule has 0 N–H and O–H groups in total. The van der Waals surface area contributed by atoms with Gasteiger partial charge in [-0.05, 0) is 69.5 Å². The van der Waals surface area contributed by atoms with Gasteiger partial charge in [-0.15, -0.1) is 0 Å². The lowest BCUT2D eigenvalue weighted by Gasteiger charge is -2.23. The first-order valence-electron chi connectivity index (χ1n) is 10.4. The number of amides is 1. The molecule has 6 nitrogen and oxygen atoms in total. The van der Waals surface area contributed by atoms with E-state index in [1.807, 2.05) is 25.1 Å². The minimum Gasteiger partial charge on any atom is -0.376 e. The molecule has 8 heteroatoms. The van der Waals surface area contributed by atoms with E-state index >= 15 is 0 Å². The molecule has 0 bridgehead atoms. The number of hydrogen-bond donors (Lipinski definition) is 0. The van der Waals surface area contributed by atoms with Crippen molar-refractivity contribution in [3.63, 3.8) is 0 Å². The molecule has 1 unspecified atom stereocenters. The van der Waals surface area contributed by atoms with Crippen LogP contribution in [0.15, 0.2) is 47.4 Å². The molecule has 0 radical (unpaired) electrons. The number of aryl methyl sites for hydroxylation is 1. The highest BCUT2D eigenvalue weighted by molar-refractivity contribution is 7.92. The van der Waals surface area contributed by atoms with E-state index in [-0.39, 0.29) is 16.9 Å². The van der Waals surface area contributed by atoms with E-state index in [0.717, 1.165) is 28.6 Å². The molecule has 4 rings (SSSR count). The predicted molar refractivity (Wildman–Crippen MR) is 124 cm³/mol. The summed E-state index contributed by atoms with van der Waals surface area (Å²) in [5.41, 5.74) is 2.38. The van der Waals surface area contributed by atoms with E-state index in [4.69, 9.17) is 9.72 Å². The van der Waals surface area contributed by atoms with Crippen molar-refractivity contribution in [1.29, 1.82) is 0 Å². The first-order chi connectivity index (χ1) is 14.8. The van der Waals surface area contributed by atoms with Crippen LogP contribution in [0.4, 0.5) is 5.13 Å². The molecule has 1 saturated heterocycles. The summed E-state index contributed by atoms with van der Waals surface area (Å²) in [5.74, 6) is -0.208. The quantitative estimate of drug-likeness (QED) is 0.539. The molecular weight excluding hydrogens is 432 g/mol. The second-order valence-electron chi connectivity index (χ2n) is 8.09. The summed E-state index contributed by atoms with van der Waals surface area (Å²) < 4.78 is 31.6. The molecule has 2 heterocycles. The van der Waals surface area contributed by atoms with Crippen molar-refractivity contribution >= 4 is 42.4 Å². The summed E-state index contributed by atoms with van der Waals surface area (Å²) >= 11 is 1.48. The van der Waals surface area contributed by atoms with Crippen molar-refractivity contribution in [2.75, 3.05) is 18.1 Å². The summed E-state index contributed by atoms with van der Waals surface area (Å²) in [6.45, 7) is 6.42. The Hall–Kier alpha value is -2.29. The van der Waals surface area contributed by atoms with Gasteiger partial charge in [0.05, 0.1) is 33.0 Å². The zero-order valence-corrected chi connectivity index (χ0v) is 19.5.